The quantitative estimate of drug-likeness (QED) is 0.685. The Hall–Kier alpha value is -3.24. The molecule has 0 atom stereocenters. The molecule has 0 radical (unpaired) electrons. The zero-order valence-electron chi connectivity index (χ0n) is 13.7. The Labute approximate surface area is 145 Å². The molecule has 0 aliphatic carbocycles. The van der Waals surface area contributed by atoms with Crippen LogP contribution >= 0.6 is 0 Å². The molecule has 11 heteroatoms. The molecule has 8 nitrogen and oxygen atoms in total. The van der Waals surface area contributed by atoms with Gasteiger partial charge in [0.1, 0.15) is 12.0 Å². The van der Waals surface area contributed by atoms with Gasteiger partial charge in [0.2, 0.25) is 18.2 Å². The molecule has 136 valence electrons. The first-order valence-electron chi connectivity index (χ1n) is 7.43. The maximum atomic E-state index is 13.1. The van der Waals surface area contributed by atoms with Gasteiger partial charge in [-0.15, -0.1) is 15.3 Å². The van der Waals surface area contributed by atoms with Gasteiger partial charge < -0.3 is 9.15 Å². The van der Waals surface area contributed by atoms with E-state index in [4.69, 9.17) is 9.15 Å². The summed E-state index contributed by atoms with van der Waals surface area (Å²) in [6.07, 6.45) is 0.498. The van der Waals surface area contributed by atoms with E-state index in [-0.39, 0.29) is 29.3 Å². The van der Waals surface area contributed by atoms with Gasteiger partial charge in [0.05, 0.1) is 6.10 Å². The summed E-state index contributed by atoms with van der Waals surface area (Å²) < 4.78 is 50.8. The summed E-state index contributed by atoms with van der Waals surface area (Å²) in [6.45, 7) is 3.38. The second-order valence-electron chi connectivity index (χ2n) is 5.38. The number of pyridine rings is 1. The van der Waals surface area contributed by atoms with Gasteiger partial charge in [-0.2, -0.15) is 13.2 Å². The molecule has 0 spiro atoms. The van der Waals surface area contributed by atoms with E-state index >= 15 is 0 Å². The Balaban J connectivity index is 1.92. The van der Waals surface area contributed by atoms with Crippen molar-refractivity contribution in [3.8, 4) is 17.3 Å². The molecule has 3 aromatic rings. The lowest BCUT2D eigenvalue weighted by atomic mass is 10.2. The molecule has 0 amide bonds. The first-order valence-corrected chi connectivity index (χ1v) is 7.43. The summed E-state index contributed by atoms with van der Waals surface area (Å²) >= 11 is 0. The number of halogens is 3. The summed E-state index contributed by atoms with van der Waals surface area (Å²) in [5.74, 6) is 0.183. The second kappa shape index (κ2) is 6.94. The number of hydrogen-bond acceptors (Lipinski definition) is 7. The van der Waals surface area contributed by atoms with Crippen LogP contribution in [0.25, 0.3) is 23.7 Å². The number of ether oxygens (including phenoxy) is 1. The molecule has 0 aliphatic heterocycles. The van der Waals surface area contributed by atoms with Gasteiger partial charge >= 0.3 is 6.18 Å². The summed E-state index contributed by atoms with van der Waals surface area (Å²) in [5, 5.41) is 11.3. The standard InChI is InChI=1S/C15H13F3N6O2/c1-9(2)26-13-6-10(5-11(21-13)15(16,17)18)14-19-7-24(23-14)4-3-12-22-20-8-25-12/h3-9H,1-2H3. The van der Waals surface area contributed by atoms with Gasteiger partial charge in [-0.25, -0.2) is 14.6 Å². The van der Waals surface area contributed by atoms with Crippen molar-refractivity contribution >= 4 is 12.3 Å². The molecular weight excluding hydrogens is 353 g/mol. The molecule has 0 unspecified atom stereocenters. The second-order valence-corrected chi connectivity index (χ2v) is 5.38. The highest BCUT2D eigenvalue weighted by Crippen LogP contribution is 2.32. The third-order valence-electron chi connectivity index (χ3n) is 2.96. The summed E-state index contributed by atoms with van der Waals surface area (Å²) in [4.78, 5) is 7.51. The lowest BCUT2D eigenvalue weighted by Crippen LogP contribution is -2.12. The van der Waals surface area contributed by atoms with Crippen molar-refractivity contribution in [3.63, 3.8) is 0 Å². The first-order chi connectivity index (χ1) is 12.3. The van der Waals surface area contributed by atoms with Gasteiger partial charge in [-0.1, -0.05) is 0 Å². The maximum absolute atomic E-state index is 13.1. The van der Waals surface area contributed by atoms with E-state index in [9.17, 15) is 13.2 Å². The molecule has 0 fully saturated rings. The summed E-state index contributed by atoms with van der Waals surface area (Å²) in [6, 6.07) is 2.23. The van der Waals surface area contributed by atoms with Crippen LogP contribution in [0.2, 0.25) is 0 Å². The fourth-order valence-corrected chi connectivity index (χ4v) is 1.95. The topological polar surface area (TPSA) is 91.8 Å². The molecule has 3 aromatic heterocycles. The molecule has 0 saturated heterocycles. The minimum Gasteiger partial charge on any atom is -0.475 e. The molecule has 0 aromatic carbocycles. The zero-order chi connectivity index (χ0) is 18.7. The molecule has 0 N–H and O–H groups in total. The van der Waals surface area contributed by atoms with Gasteiger partial charge in [-0.3, -0.25) is 0 Å². The molecule has 3 heterocycles. The van der Waals surface area contributed by atoms with Crippen LogP contribution in [0.4, 0.5) is 13.2 Å². The predicted molar refractivity (Wildman–Crippen MR) is 83.5 cm³/mol. The van der Waals surface area contributed by atoms with Crippen LogP contribution in [-0.2, 0) is 6.18 Å². The van der Waals surface area contributed by atoms with Gasteiger partial charge in [-0.05, 0) is 19.9 Å². The van der Waals surface area contributed by atoms with Crippen molar-refractivity contribution in [2.75, 3.05) is 0 Å². The fraction of sp³-hybridized carbons (Fsp3) is 0.267. The number of hydrogen-bond donors (Lipinski definition) is 0. The number of aromatic nitrogens is 6. The van der Waals surface area contributed by atoms with Crippen LogP contribution in [0.5, 0.6) is 5.88 Å². The lowest BCUT2D eigenvalue weighted by molar-refractivity contribution is -0.141. The van der Waals surface area contributed by atoms with E-state index < -0.39 is 11.9 Å². The third-order valence-corrected chi connectivity index (χ3v) is 2.96. The van der Waals surface area contributed by atoms with Crippen molar-refractivity contribution in [1.29, 1.82) is 0 Å². The number of rotatable bonds is 5. The maximum Gasteiger partial charge on any atom is 0.433 e. The highest BCUT2D eigenvalue weighted by molar-refractivity contribution is 5.58. The number of nitrogens with zero attached hydrogens (tertiary/aromatic N) is 6. The summed E-state index contributed by atoms with van der Waals surface area (Å²) in [7, 11) is 0. The molecule has 0 aliphatic rings. The average Bonchev–Trinajstić information content (AvgIpc) is 3.23. The normalized spacial score (nSPS) is 12.2. The third kappa shape index (κ3) is 4.23. The van der Waals surface area contributed by atoms with Crippen LogP contribution in [0.15, 0.2) is 29.3 Å². The monoisotopic (exact) mass is 366 g/mol. The van der Waals surface area contributed by atoms with Crippen LogP contribution in [0, 0.1) is 0 Å². The van der Waals surface area contributed by atoms with Crippen LogP contribution in [0.3, 0.4) is 0 Å². The van der Waals surface area contributed by atoms with E-state index in [1.165, 1.54) is 35.7 Å². The van der Waals surface area contributed by atoms with Crippen molar-refractivity contribution in [2.24, 2.45) is 0 Å². The zero-order valence-corrected chi connectivity index (χ0v) is 13.7. The average molecular weight is 366 g/mol. The van der Waals surface area contributed by atoms with Gasteiger partial charge in [0, 0.05) is 23.9 Å². The lowest BCUT2D eigenvalue weighted by Gasteiger charge is -2.12. The van der Waals surface area contributed by atoms with Gasteiger partial charge in [0.25, 0.3) is 0 Å². The van der Waals surface area contributed by atoms with Crippen molar-refractivity contribution < 1.29 is 22.3 Å². The highest BCUT2D eigenvalue weighted by atomic mass is 19.4. The SMILES string of the molecule is CC(C)Oc1cc(-c2ncn(C=Cc3nnco3)n2)cc(C(F)(F)F)n1. The molecule has 0 saturated carbocycles. The van der Waals surface area contributed by atoms with E-state index in [1.54, 1.807) is 13.8 Å². The van der Waals surface area contributed by atoms with Crippen LogP contribution < -0.4 is 4.74 Å². The van der Waals surface area contributed by atoms with E-state index in [0.717, 1.165) is 6.07 Å². The van der Waals surface area contributed by atoms with E-state index in [2.05, 4.69) is 25.3 Å². The van der Waals surface area contributed by atoms with Crippen molar-refractivity contribution in [2.45, 2.75) is 26.1 Å². The Kier molecular flexibility index (Phi) is 4.69. The number of alkyl halides is 3. The van der Waals surface area contributed by atoms with Crippen LogP contribution in [-0.4, -0.2) is 36.0 Å². The minimum atomic E-state index is -4.62. The Morgan fingerprint density at radius 3 is 2.73 bits per heavy atom. The molecule has 3 rings (SSSR count). The first kappa shape index (κ1) is 17.6. The highest BCUT2D eigenvalue weighted by Gasteiger charge is 2.34. The van der Waals surface area contributed by atoms with E-state index in [1.807, 2.05) is 0 Å². The Bertz CT molecular complexity index is 903. The van der Waals surface area contributed by atoms with Crippen LogP contribution in [0.1, 0.15) is 25.4 Å². The minimum absolute atomic E-state index is 0.0849. The fourth-order valence-electron chi connectivity index (χ4n) is 1.95. The largest absolute Gasteiger partial charge is 0.475 e. The Morgan fingerprint density at radius 1 is 1.27 bits per heavy atom. The molecule has 0 bridgehead atoms. The summed E-state index contributed by atoms with van der Waals surface area (Å²) in [5.41, 5.74) is -0.948. The van der Waals surface area contributed by atoms with Gasteiger partial charge in [0.15, 0.2) is 5.82 Å². The molecular formula is C15H13F3N6O2. The van der Waals surface area contributed by atoms with E-state index in [0.29, 0.717) is 0 Å². The van der Waals surface area contributed by atoms with Crippen molar-refractivity contribution in [1.82, 2.24) is 29.9 Å². The smallest absolute Gasteiger partial charge is 0.433 e. The predicted octanol–water partition coefficient (Wildman–Crippen LogP) is 3.16. The Morgan fingerprint density at radius 2 is 2.08 bits per heavy atom. The molecule has 26 heavy (non-hydrogen) atoms. The van der Waals surface area contributed by atoms with Crippen molar-refractivity contribution in [3.05, 3.63) is 36.4 Å².